The van der Waals surface area contributed by atoms with E-state index in [4.69, 9.17) is 4.74 Å². The van der Waals surface area contributed by atoms with Crippen molar-refractivity contribution in [3.05, 3.63) is 52.1 Å². The molecule has 0 saturated carbocycles. The van der Waals surface area contributed by atoms with Crippen LogP contribution in [0.15, 0.2) is 29.5 Å². The van der Waals surface area contributed by atoms with Gasteiger partial charge in [0.05, 0.1) is 23.5 Å². The lowest BCUT2D eigenvalue weighted by atomic mass is 10.1. The predicted molar refractivity (Wildman–Crippen MR) is 116 cm³/mol. The Bertz CT molecular complexity index is 1280. The summed E-state index contributed by atoms with van der Waals surface area (Å²) in [7, 11) is 1.96. The minimum atomic E-state index is -1.32. The number of rotatable bonds is 4. The number of aryl methyl sites for hydroxylation is 1. The maximum absolute atomic E-state index is 15.3. The first-order valence-electron chi connectivity index (χ1n) is 10.6. The Morgan fingerprint density at radius 3 is 2.72 bits per heavy atom. The third kappa shape index (κ3) is 3.22. The predicted octanol–water partition coefficient (Wildman–Crippen LogP) is 1.85. The summed E-state index contributed by atoms with van der Waals surface area (Å²) < 4.78 is 25.0. The Morgan fingerprint density at radius 1 is 1.31 bits per heavy atom. The van der Waals surface area contributed by atoms with Crippen molar-refractivity contribution >= 4 is 22.6 Å². The van der Waals surface area contributed by atoms with Crippen LogP contribution >= 0.6 is 0 Å². The lowest BCUT2D eigenvalue weighted by molar-refractivity contribution is 0.0694. The second-order valence-corrected chi connectivity index (χ2v) is 8.39. The largest absolute Gasteiger partial charge is 0.487 e. The summed E-state index contributed by atoms with van der Waals surface area (Å²) in [6.07, 6.45) is 5.03. The second kappa shape index (κ2) is 7.63. The number of anilines is 1. The minimum Gasteiger partial charge on any atom is -0.487 e. The number of ether oxygens (including phenoxy) is 1. The van der Waals surface area contributed by atoms with Crippen molar-refractivity contribution in [2.24, 2.45) is 7.05 Å². The van der Waals surface area contributed by atoms with Gasteiger partial charge in [0.15, 0.2) is 11.6 Å². The average Bonchev–Trinajstić information content (AvgIpc) is 3.17. The summed E-state index contributed by atoms with van der Waals surface area (Å²) in [5.74, 6) is -0.620. The maximum Gasteiger partial charge on any atom is 0.341 e. The highest BCUT2D eigenvalue weighted by atomic mass is 19.1. The van der Waals surface area contributed by atoms with E-state index >= 15 is 4.39 Å². The van der Waals surface area contributed by atoms with E-state index in [9.17, 15) is 14.7 Å². The normalized spacial score (nSPS) is 18.7. The van der Waals surface area contributed by atoms with Gasteiger partial charge >= 0.3 is 5.97 Å². The Kier molecular flexibility index (Phi) is 4.89. The molecule has 2 aliphatic rings. The van der Waals surface area contributed by atoms with Gasteiger partial charge in [-0.2, -0.15) is 0 Å². The second-order valence-electron chi connectivity index (χ2n) is 8.39. The van der Waals surface area contributed by atoms with Gasteiger partial charge in [0.1, 0.15) is 23.7 Å². The number of hydrogen-bond donors (Lipinski definition) is 1. The molecule has 1 aromatic carbocycles. The van der Waals surface area contributed by atoms with Crippen LogP contribution in [0.4, 0.5) is 10.1 Å². The molecule has 1 saturated heterocycles. The smallest absolute Gasteiger partial charge is 0.341 e. The molecule has 0 spiro atoms. The van der Waals surface area contributed by atoms with Gasteiger partial charge in [-0.3, -0.25) is 9.69 Å². The number of nitrogens with zero attached hydrogens (tertiary/aromatic N) is 5. The minimum absolute atomic E-state index is 0.0288. The third-order valence-corrected chi connectivity index (χ3v) is 6.35. The topological polar surface area (TPSA) is 92.8 Å². The lowest BCUT2D eigenvalue weighted by Gasteiger charge is -2.38. The summed E-state index contributed by atoms with van der Waals surface area (Å²) >= 11 is 0. The van der Waals surface area contributed by atoms with Crippen LogP contribution in [0.25, 0.3) is 10.9 Å². The standard InChI is InChI=1S/C22H24FN5O4/c1-13-12-32-21-18-14(20(29)15(22(30)31)10-28(13)18)9-16(23)19(21)27-7-5-26(6-8-27)11-17-24-3-4-25(17)2/h3-4,9-10,13H,5-8,11-12H2,1-2H3,(H,30,31)/t13-/m0/s1. The molecule has 5 rings (SSSR count). The van der Waals surface area contributed by atoms with Crippen molar-refractivity contribution < 1.29 is 19.0 Å². The Balaban J connectivity index is 1.51. The van der Waals surface area contributed by atoms with E-state index in [0.717, 1.165) is 31.5 Å². The van der Waals surface area contributed by atoms with E-state index in [0.29, 0.717) is 30.0 Å². The molecule has 0 aliphatic carbocycles. The quantitative estimate of drug-likeness (QED) is 0.661. The van der Waals surface area contributed by atoms with Gasteiger partial charge in [-0.05, 0) is 13.0 Å². The molecule has 10 heteroatoms. The number of carbonyl (C=O) groups is 1. The fourth-order valence-electron chi connectivity index (χ4n) is 4.54. The van der Waals surface area contributed by atoms with E-state index in [2.05, 4.69) is 9.88 Å². The van der Waals surface area contributed by atoms with Crippen LogP contribution < -0.4 is 15.1 Å². The van der Waals surface area contributed by atoms with Crippen LogP contribution in [-0.4, -0.2) is 62.9 Å². The van der Waals surface area contributed by atoms with Gasteiger partial charge in [-0.1, -0.05) is 0 Å². The molecular formula is C22H24FN5O4. The molecule has 1 fully saturated rings. The van der Waals surface area contributed by atoms with Crippen molar-refractivity contribution in [2.45, 2.75) is 19.5 Å². The van der Waals surface area contributed by atoms with Gasteiger partial charge in [0, 0.05) is 51.8 Å². The van der Waals surface area contributed by atoms with Crippen LogP contribution in [0.2, 0.25) is 0 Å². The third-order valence-electron chi connectivity index (χ3n) is 6.35. The highest BCUT2D eigenvalue weighted by molar-refractivity contribution is 5.97. The van der Waals surface area contributed by atoms with E-state index in [1.807, 2.05) is 29.6 Å². The summed E-state index contributed by atoms with van der Waals surface area (Å²) in [4.78, 5) is 32.9. The van der Waals surface area contributed by atoms with Gasteiger partial charge in [-0.25, -0.2) is 14.2 Å². The average molecular weight is 441 g/mol. The zero-order valence-corrected chi connectivity index (χ0v) is 17.9. The van der Waals surface area contributed by atoms with Crippen LogP contribution in [0.1, 0.15) is 29.1 Å². The molecule has 0 radical (unpaired) electrons. The van der Waals surface area contributed by atoms with Gasteiger partial charge < -0.3 is 23.9 Å². The number of imidazole rings is 1. The van der Waals surface area contributed by atoms with E-state index < -0.39 is 17.2 Å². The van der Waals surface area contributed by atoms with Crippen LogP contribution in [0.3, 0.4) is 0 Å². The highest BCUT2D eigenvalue weighted by Crippen LogP contribution is 2.42. The fourth-order valence-corrected chi connectivity index (χ4v) is 4.54. The maximum atomic E-state index is 15.3. The number of hydrogen-bond acceptors (Lipinski definition) is 6. The van der Waals surface area contributed by atoms with Crippen molar-refractivity contribution in [3.63, 3.8) is 0 Å². The van der Waals surface area contributed by atoms with Gasteiger partial charge in [-0.15, -0.1) is 0 Å². The molecule has 168 valence electrons. The van der Waals surface area contributed by atoms with Crippen molar-refractivity contribution in [1.82, 2.24) is 19.0 Å². The Morgan fingerprint density at radius 2 is 2.06 bits per heavy atom. The molecule has 4 heterocycles. The number of pyridine rings is 1. The first-order chi connectivity index (χ1) is 15.3. The Hall–Kier alpha value is -3.40. The van der Waals surface area contributed by atoms with E-state index in [-0.39, 0.29) is 23.6 Å². The van der Waals surface area contributed by atoms with Crippen LogP contribution in [-0.2, 0) is 13.6 Å². The SMILES string of the molecule is C[C@H]1COc2c(N3CCN(Cc4nccn4C)CC3)c(F)cc3c(=O)c(C(=O)O)cn1c23. The Labute approximate surface area is 183 Å². The van der Waals surface area contributed by atoms with Crippen LogP contribution in [0.5, 0.6) is 5.75 Å². The molecule has 32 heavy (non-hydrogen) atoms. The molecule has 0 amide bonds. The number of aromatic carboxylic acids is 1. The molecule has 0 bridgehead atoms. The first-order valence-corrected chi connectivity index (χ1v) is 10.6. The number of piperazine rings is 1. The number of carboxylic acid groups (broad SMARTS) is 1. The van der Waals surface area contributed by atoms with Gasteiger partial charge in [0.25, 0.3) is 0 Å². The summed E-state index contributed by atoms with van der Waals surface area (Å²) in [6, 6.07) is 0.970. The number of benzene rings is 1. The molecule has 2 aromatic heterocycles. The van der Waals surface area contributed by atoms with Gasteiger partial charge in [0.2, 0.25) is 5.43 Å². The molecule has 1 N–H and O–H groups in total. The number of aromatic nitrogens is 3. The lowest BCUT2D eigenvalue weighted by Crippen LogP contribution is -2.46. The van der Waals surface area contributed by atoms with Crippen LogP contribution in [0, 0.1) is 5.82 Å². The monoisotopic (exact) mass is 441 g/mol. The highest BCUT2D eigenvalue weighted by Gasteiger charge is 2.31. The number of halogens is 1. The van der Waals surface area contributed by atoms with Crippen molar-refractivity contribution in [1.29, 1.82) is 0 Å². The summed E-state index contributed by atoms with van der Waals surface area (Å²) in [5, 5.41) is 9.45. The summed E-state index contributed by atoms with van der Waals surface area (Å²) in [5.41, 5.74) is -0.289. The molecule has 3 aromatic rings. The number of carboxylic acids is 1. The molecular weight excluding hydrogens is 417 g/mol. The van der Waals surface area contributed by atoms with Crippen molar-refractivity contribution in [3.8, 4) is 5.75 Å². The zero-order valence-electron chi connectivity index (χ0n) is 17.9. The molecule has 9 nitrogen and oxygen atoms in total. The zero-order chi connectivity index (χ0) is 22.6. The fraction of sp³-hybridized carbons (Fsp3) is 0.409. The molecule has 2 aliphatic heterocycles. The van der Waals surface area contributed by atoms with E-state index in [1.54, 1.807) is 10.8 Å². The van der Waals surface area contributed by atoms with Crippen molar-refractivity contribution in [2.75, 3.05) is 37.7 Å². The first kappa shape index (κ1) is 20.5. The molecule has 1 atom stereocenters. The molecule has 0 unspecified atom stereocenters. The van der Waals surface area contributed by atoms with E-state index in [1.165, 1.54) is 6.20 Å². The summed E-state index contributed by atoms with van der Waals surface area (Å²) in [6.45, 7) is 5.50.